The SMILES string of the molecule is O=C(O)[C@]12CNC[C@@]1(C(F)(F)F)C2. The zero-order valence-corrected chi connectivity index (χ0v) is 6.61. The first-order chi connectivity index (χ1) is 5.86. The quantitative estimate of drug-likeness (QED) is 0.644. The van der Waals surface area contributed by atoms with Crippen LogP contribution in [0.3, 0.4) is 0 Å². The summed E-state index contributed by atoms with van der Waals surface area (Å²) in [5.74, 6) is -1.34. The molecule has 2 N–H and O–H groups in total. The first-order valence-corrected chi connectivity index (χ1v) is 3.87. The first kappa shape index (κ1) is 8.80. The van der Waals surface area contributed by atoms with Gasteiger partial charge in [0, 0.05) is 13.1 Å². The lowest BCUT2D eigenvalue weighted by molar-refractivity contribution is -0.195. The smallest absolute Gasteiger partial charge is 0.396 e. The molecule has 0 aromatic rings. The molecule has 74 valence electrons. The second-order valence-corrected chi connectivity index (χ2v) is 3.75. The molecule has 1 saturated carbocycles. The Labute approximate surface area is 71.9 Å². The molecule has 0 bridgehead atoms. The van der Waals surface area contributed by atoms with Crippen LogP contribution in [0.25, 0.3) is 0 Å². The molecule has 1 heterocycles. The van der Waals surface area contributed by atoms with E-state index in [1.807, 2.05) is 0 Å². The maximum absolute atomic E-state index is 12.5. The zero-order valence-electron chi connectivity index (χ0n) is 6.61. The molecule has 2 fully saturated rings. The highest BCUT2D eigenvalue weighted by Gasteiger charge is 2.85. The van der Waals surface area contributed by atoms with Crippen molar-refractivity contribution in [3.63, 3.8) is 0 Å². The summed E-state index contributed by atoms with van der Waals surface area (Å²) in [5.41, 5.74) is -3.57. The number of piperidine rings is 1. The molecule has 1 aliphatic heterocycles. The number of carboxylic acids is 1. The van der Waals surface area contributed by atoms with Crippen LogP contribution in [0, 0.1) is 10.8 Å². The number of hydrogen-bond acceptors (Lipinski definition) is 2. The molecule has 1 aliphatic carbocycles. The normalized spacial score (nSPS) is 43.0. The number of fused-ring (bicyclic) bond motifs is 1. The lowest BCUT2D eigenvalue weighted by Crippen LogP contribution is -2.34. The fourth-order valence-electron chi connectivity index (χ4n) is 2.25. The Balaban J connectivity index is 2.35. The van der Waals surface area contributed by atoms with Gasteiger partial charge in [-0.2, -0.15) is 13.2 Å². The summed E-state index contributed by atoms with van der Waals surface area (Å²) in [6.07, 6.45) is -4.68. The molecule has 2 atom stereocenters. The van der Waals surface area contributed by atoms with Crippen LogP contribution in [0.2, 0.25) is 0 Å². The lowest BCUT2D eigenvalue weighted by Gasteiger charge is -2.17. The van der Waals surface area contributed by atoms with Crippen molar-refractivity contribution >= 4 is 5.97 Å². The van der Waals surface area contributed by atoms with Gasteiger partial charge >= 0.3 is 12.1 Å². The van der Waals surface area contributed by atoms with Gasteiger partial charge in [-0.25, -0.2) is 0 Å². The van der Waals surface area contributed by atoms with Crippen LogP contribution in [-0.4, -0.2) is 30.3 Å². The molecule has 2 rings (SSSR count). The van der Waals surface area contributed by atoms with Crippen molar-refractivity contribution in [3.8, 4) is 0 Å². The Morgan fingerprint density at radius 3 is 2.31 bits per heavy atom. The van der Waals surface area contributed by atoms with Crippen LogP contribution >= 0.6 is 0 Å². The summed E-state index contributed by atoms with van der Waals surface area (Å²) in [4.78, 5) is 10.7. The van der Waals surface area contributed by atoms with Gasteiger partial charge in [-0.15, -0.1) is 0 Å². The van der Waals surface area contributed by atoms with E-state index < -0.39 is 23.0 Å². The molecule has 13 heavy (non-hydrogen) atoms. The molecular weight excluding hydrogens is 187 g/mol. The van der Waals surface area contributed by atoms with E-state index in [1.54, 1.807) is 0 Å². The molecule has 2 aliphatic rings. The van der Waals surface area contributed by atoms with E-state index in [-0.39, 0.29) is 19.5 Å². The van der Waals surface area contributed by atoms with E-state index in [1.165, 1.54) is 0 Å². The maximum atomic E-state index is 12.5. The van der Waals surface area contributed by atoms with Crippen molar-refractivity contribution < 1.29 is 23.1 Å². The van der Waals surface area contributed by atoms with Crippen LogP contribution in [0.15, 0.2) is 0 Å². The van der Waals surface area contributed by atoms with Crippen molar-refractivity contribution in [1.82, 2.24) is 5.32 Å². The molecule has 0 amide bonds. The van der Waals surface area contributed by atoms with Crippen molar-refractivity contribution in [2.75, 3.05) is 13.1 Å². The average molecular weight is 195 g/mol. The molecule has 6 heteroatoms. The van der Waals surface area contributed by atoms with E-state index in [4.69, 9.17) is 5.11 Å². The minimum atomic E-state index is -4.41. The fraction of sp³-hybridized carbons (Fsp3) is 0.857. The summed E-state index contributed by atoms with van der Waals surface area (Å²) in [6, 6.07) is 0. The number of rotatable bonds is 1. The third kappa shape index (κ3) is 0.769. The Kier molecular flexibility index (Phi) is 1.35. The highest BCUT2D eigenvalue weighted by Crippen LogP contribution is 2.72. The van der Waals surface area contributed by atoms with E-state index in [0.717, 1.165) is 0 Å². The Hall–Kier alpha value is -0.780. The van der Waals surface area contributed by atoms with Crippen molar-refractivity contribution in [2.45, 2.75) is 12.6 Å². The number of carbonyl (C=O) groups is 1. The van der Waals surface area contributed by atoms with Gasteiger partial charge in [0.1, 0.15) is 0 Å². The second-order valence-electron chi connectivity index (χ2n) is 3.75. The van der Waals surface area contributed by atoms with Crippen LogP contribution in [0.5, 0.6) is 0 Å². The zero-order chi connectivity index (χ0) is 9.91. The lowest BCUT2D eigenvalue weighted by atomic mass is 9.96. The van der Waals surface area contributed by atoms with E-state index in [0.29, 0.717) is 0 Å². The highest BCUT2D eigenvalue weighted by molar-refractivity contribution is 5.81. The maximum Gasteiger partial charge on any atom is 0.396 e. The number of aliphatic carboxylic acids is 1. The number of halogens is 3. The van der Waals surface area contributed by atoms with Gasteiger partial charge in [-0.05, 0) is 6.42 Å². The molecule has 0 unspecified atom stereocenters. The molecule has 0 radical (unpaired) electrons. The molecule has 3 nitrogen and oxygen atoms in total. The van der Waals surface area contributed by atoms with Gasteiger partial charge in [0.05, 0.1) is 10.8 Å². The number of nitrogens with one attached hydrogen (secondary N) is 1. The van der Waals surface area contributed by atoms with Crippen molar-refractivity contribution in [1.29, 1.82) is 0 Å². The third-order valence-corrected chi connectivity index (χ3v) is 3.20. The average Bonchev–Trinajstić information content (AvgIpc) is 2.51. The highest BCUT2D eigenvalue weighted by atomic mass is 19.4. The van der Waals surface area contributed by atoms with E-state index in [2.05, 4.69) is 5.32 Å². The summed E-state index contributed by atoms with van der Waals surface area (Å²) in [6.45, 7) is -0.329. The van der Waals surface area contributed by atoms with E-state index >= 15 is 0 Å². The van der Waals surface area contributed by atoms with Gasteiger partial charge in [0.15, 0.2) is 0 Å². The summed E-state index contributed by atoms with van der Waals surface area (Å²) >= 11 is 0. The summed E-state index contributed by atoms with van der Waals surface area (Å²) in [7, 11) is 0. The molecule has 0 spiro atoms. The predicted molar refractivity (Wildman–Crippen MR) is 36.0 cm³/mol. The van der Waals surface area contributed by atoms with Crippen molar-refractivity contribution in [3.05, 3.63) is 0 Å². The topological polar surface area (TPSA) is 49.3 Å². The third-order valence-electron chi connectivity index (χ3n) is 3.20. The number of alkyl halides is 3. The minimum Gasteiger partial charge on any atom is -0.481 e. The van der Waals surface area contributed by atoms with Crippen LogP contribution in [0.4, 0.5) is 13.2 Å². The van der Waals surface area contributed by atoms with Crippen LogP contribution < -0.4 is 5.32 Å². The number of carboxylic acid groups (broad SMARTS) is 1. The van der Waals surface area contributed by atoms with Gasteiger partial charge in [-0.3, -0.25) is 4.79 Å². The predicted octanol–water partition coefficient (Wildman–Crippen LogP) is 0.613. The largest absolute Gasteiger partial charge is 0.481 e. The fourth-order valence-corrected chi connectivity index (χ4v) is 2.25. The van der Waals surface area contributed by atoms with Crippen LogP contribution in [-0.2, 0) is 4.79 Å². The Bertz CT molecular complexity index is 277. The van der Waals surface area contributed by atoms with Crippen LogP contribution in [0.1, 0.15) is 6.42 Å². The molecule has 0 aromatic heterocycles. The van der Waals surface area contributed by atoms with Gasteiger partial charge in [0.2, 0.25) is 0 Å². The summed E-state index contributed by atoms with van der Waals surface area (Å²) in [5, 5.41) is 11.2. The van der Waals surface area contributed by atoms with Gasteiger partial charge < -0.3 is 10.4 Å². The minimum absolute atomic E-state index is 0.0676. The standard InChI is InChI=1S/C7H8F3NO2/c8-7(9,10)6-1-5(6,4(12)13)2-11-3-6/h11H,1-3H2,(H,12,13)/t5-,6-/m0/s1. The second kappa shape index (κ2) is 2.00. The van der Waals surface area contributed by atoms with Crippen molar-refractivity contribution in [2.24, 2.45) is 10.8 Å². The number of hydrogen-bond donors (Lipinski definition) is 2. The monoisotopic (exact) mass is 195 g/mol. The Morgan fingerprint density at radius 1 is 1.38 bits per heavy atom. The summed E-state index contributed by atoms with van der Waals surface area (Å²) < 4.78 is 37.5. The Morgan fingerprint density at radius 2 is 2.00 bits per heavy atom. The molecule has 0 aromatic carbocycles. The van der Waals surface area contributed by atoms with Gasteiger partial charge in [0.25, 0.3) is 0 Å². The van der Waals surface area contributed by atoms with Gasteiger partial charge in [-0.1, -0.05) is 0 Å². The molecular formula is C7H8F3NO2. The van der Waals surface area contributed by atoms with E-state index in [9.17, 15) is 18.0 Å². The molecule has 1 saturated heterocycles. The first-order valence-electron chi connectivity index (χ1n) is 3.87.